The number of aromatic nitrogens is 2. The molecule has 2 aromatic rings. The Bertz CT molecular complexity index is 773. The molecule has 0 aliphatic carbocycles. The summed E-state index contributed by atoms with van der Waals surface area (Å²) < 4.78 is 4.69. The summed E-state index contributed by atoms with van der Waals surface area (Å²) in [5.41, 5.74) is 2.52. The van der Waals surface area contributed by atoms with E-state index < -0.39 is 0 Å². The van der Waals surface area contributed by atoms with Crippen molar-refractivity contribution in [3.05, 3.63) is 49.1 Å². The van der Waals surface area contributed by atoms with Gasteiger partial charge in [0.15, 0.2) is 24.8 Å². The number of hydrogen-bond donors (Lipinski definition) is 2. The average Bonchev–Trinajstić information content (AvgIpc) is 3.02. The molecule has 0 bridgehead atoms. The minimum absolute atomic E-state index is 0. The number of aryl methyl sites for hydroxylation is 2. The Labute approximate surface area is 285 Å². The molecule has 2 heterocycles. The van der Waals surface area contributed by atoms with E-state index >= 15 is 0 Å². The molecule has 254 valence electrons. The molecule has 0 aliphatic heterocycles. The molecule has 0 fully saturated rings. The van der Waals surface area contributed by atoms with Crippen LogP contribution in [0.4, 0.5) is 11.4 Å². The fourth-order valence-electron chi connectivity index (χ4n) is 5.73. The van der Waals surface area contributed by atoms with Crippen molar-refractivity contribution in [3.63, 3.8) is 0 Å². The van der Waals surface area contributed by atoms with Crippen molar-refractivity contribution in [2.45, 2.75) is 168 Å². The molecule has 0 aromatic carbocycles. The zero-order chi connectivity index (χ0) is 29.8. The van der Waals surface area contributed by atoms with Gasteiger partial charge in [-0.2, -0.15) is 0 Å². The second-order valence-corrected chi connectivity index (χ2v) is 12.6. The second-order valence-electron chi connectivity index (χ2n) is 12.6. The molecule has 44 heavy (non-hydrogen) atoms. The predicted molar refractivity (Wildman–Crippen MR) is 183 cm³/mol. The first-order valence-corrected chi connectivity index (χ1v) is 18.3. The summed E-state index contributed by atoms with van der Waals surface area (Å²) in [6, 6.07) is 8.94. The predicted octanol–water partition coefficient (Wildman–Crippen LogP) is 4.42. The number of nitrogens with one attached hydrogen (secondary N) is 2. The van der Waals surface area contributed by atoms with Crippen LogP contribution in [-0.4, -0.2) is 13.1 Å². The molecule has 0 saturated heterocycles. The van der Waals surface area contributed by atoms with Gasteiger partial charge >= 0.3 is 0 Å². The molecule has 0 atom stereocenters. The Morgan fingerprint density at radius 1 is 0.386 bits per heavy atom. The van der Waals surface area contributed by atoms with Crippen LogP contribution in [0.2, 0.25) is 0 Å². The van der Waals surface area contributed by atoms with Gasteiger partial charge in [0.1, 0.15) is 13.1 Å². The highest BCUT2D eigenvalue weighted by Gasteiger charge is 2.03. The van der Waals surface area contributed by atoms with Gasteiger partial charge < -0.3 is 35.4 Å². The number of halogens is 2. The molecule has 4 nitrogen and oxygen atoms in total. The average molecular weight is 652 g/mol. The van der Waals surface area contributed by atoms with Gasteiger partial charge in [-0.1, -0.05) is 117 Å². The van der Waals surface area contributed by atoms with E-state index in [1.165, 1.54) is 153 Å². The van der Waals surface area contributed by atoms with Crippen molar-refractivity contribution in [1.29, 1.82) is 0 Å². The normalized spacial score (nSPS) is 10.7. The third kappa shape index (κ3) is 23.8. The quantitative estimate of drug-likeness (QED) is 0.101. The Kier molecular flexibility index (Phi) is 30.4. The van der Waals surface area contributed by atoms with Gasteiger partial charge in [-0.25, -0.2) is 9.13 Å². The summed E-state index contributed by atoms with van der Waals surface area (Å²) in [7, 11) is 0. The highest BCUT2D eigenvalue weighted by Crippen LogP contribution is 2.13. The Balaban J connectivity index is 0.00000924. The summed E-state index contributed by atoms with van der Waals surface area (Å²) in [5.74, 6) is 0. The van der Waals surface area contributed by atoms with Crippen molar-refractivity contribution in [1.82, 2.24) is 0 Å². The standard InChI is InChI=1S/C38H66N4.2ClH/c1-3-5-7-17-21-29-39-37-25-33-41(34-26-37)31-23-19-15-13-11-9-10-12-14-16-20-24-32-42-35-27-38(28-36-42)40-30-22-18-8-6-4-2;;/h25-28,33-36H,3-24,29-32H2,1-2H3;2*1H. The summed E-state index contributed by atoms with van der Waals surface area (Å²) >= 11 is 0. The molecule has 2 aromatic heterocycles. The number of rotatable bonds is 29. The second kappa shape index (κ2) is 31.5. The zero-order valence-corrected chi connectivity index (χ0v) is 30.2. The third-order valence-electron chi connectivity index (χ3n) is 8.58. The summed E-state index contributed by atoms with van der Waals surface area (Å²) in [4.78, 5) is 0. The van der Waals surface area contributed by atoms with E-state index in [0.29, 0.717) is 0 Å². The molecule has 0 aliphatic rings. The van der Waals surface area contributed by atoms with E-state index in [-0.39, 0.29) is 24.8 Å². The maximum atomic E-state index is 3.57. The summed E-state index contributed by atoms with van der Waals surface area (Å²) in [6.45, 7) is 9.05. The molecule has 0 unspecified atom stereocenters. The molecular formula is C38H68Cl2N4. The molecule has 2 rings (SSSR count). The van der Waals surface area contributed by atoms with E-state index in [1.807, 2.05) is 0 Å². The molecular weight excluding hydrogens is 583 g/mol. The van der Waals surface area contributed by atoms with Crippen molar-refractivity contribution in [3.8, 4) is 0 Å². The summed E-state index contributed by atoms with van der Waals surface area (Å²) in [5, 5.41) is 7.13. The van der Waals surface area contributed by atoms with Gasteiger partial charge in [0.05, 0.1) is 0 Å². The highest BCUT2D eigenvalue weighted by atomic mass is 35.5. The molecule has 0 spiro atoms. The van der Waals surface area contributed by atoms with Crippen LogP contribution >= 0.6 is 0 Å². The fourth-order valence-corrected chi connectivity index (χ4v) is 5.73. The van der Waals surface area contributed by atoms with Crippen molar-refractivity contribution in [2.75, 3.05) is 23.7 Å². The van der Waals surface area contributed by atoms with Crippen LogP contribution in [0.1, 0.15) is 155 Å². The van der Waals surface area contributed by atoms with Crippen LogP contribution in [0.3, 0.4) is 0 Å². The van der Waals surface area contributed by atoms with Crippen molar-refractivity contribution >= 4 is 11.4 Å². The van der Waals surface area contributed by atoms with Gasteiger partial charge in [-0.15, -0.1) is 0 Å². The van der Waals surface area contributed by atoms with Crippen LogP contribution in [-0.2, 0) is 13.1 Å². The minimum Gasteiger partial charge on any atom is -1.00 e. The third-order valence-corrected chi connectivity index (χ3v) is 8.58. The Hall–Kier alpha value is -1.52. The molecule has 0 saturated carbocycles. The van der Waals surface area contributed by atoms with Gasteiger partial charge in [-0.3, -0.25) is 0 Å². The Morgan fingerprint density at radius 2 is 0.659 bits per heavy atom. The van der Waals surface area contributed by atoms with Crippen LogP contribution < -0.4 is 44.6 Å². The molecule has 0 radical (unpaired) electrons. The molecule has 6 heteroatoms. The van der Waals surface area contributed by atoms with Crippen LogP contribution in [0.25, 0.3) is 0 Å². The monoisotopic (exact) mass is 650 g/mol. The summed E-state index contributed by atoms with van der Waals surface area (Å²) in [6.07, 6.45) is 39.0. The lowest BCUT2D eigenvalue weighted by molar-refractivity contribution is -0.697. The first-order chi connectivity index (χ1) is 20.8. The lowest BCUT2D eigenvalue weighted by Crippen LogP contribution is -3.00. The largest absolute Gasteiger partial charge is 1.00 e. The smallest absolute Gasteiger partial charge is 0.170 e. The van der Waals surface area contributed by atoms with E-state index in [9.17, 15) is 0 Å². The lowest BCUT2D eigenvalue weighted by atomic mass is 10.1. The van der Waals surface area contributed by atoms with E-state index in [0.717, 1.165) is 26.2 Å². The maximum absolute atomic E-state index is 3.57. The first kappa shape index (κ1) is 42.5. The SMILES string of the molecule is CCCCCCCNc1cc[n+](CCCCCCCCCCCCCC[n+]2ccc(NCCCCCCC)cc2)cc1.[Cl-].[Cl-]. The van der Waals surface area contributed by atoms with Crippen molar-refractivity contribution < 1.29 is 33.9 Å². The number of nitrogens with zero attached hydrogens (tertiary/aromatic N) is 2. The van der Waals surface area contributed by atoms with Gasteiger partial charge in [0.2, 0.25) is 0 Å². The number of pyridine rings is 2. The fraction of sp³-hybridized carbons (Fsp3) is 0.737. The highest BCUT2D eigenvalue weighted by molar-refractivity contribution is 5.40. The van der Waals surface area contributed by atoms with Gasteiger partial charge in [0.25, 0.3) is 0 Å². The van der Waals surface area contributed by atoms with E-state index in [1.54, 1.807) is 0 Å². The van der Waals surface area contributed by atoms with Crippen LogP contribution in [0, 0.1) is 0 Å². The lowest BCUT2D eigenvalue weighted by Gasteiger charge is -2.06. The minimum atomic E-state index is 0. The number of unbranched alkanes of at least 4 members (excludes halogenated alkanes) is 19. The first-order valence-electron chi connectivity index (χ1n) is 18.3. The zero-order valence-electron chi connectivity index (χ0n) is 28.7. The topological polar surface area (TPSA) is 31.8 Å². The Morgan fingerprint density at radius 3 is 0.977 bits per heavy atom. The van der Waals surface area contributed by atoms with Crippen LogP contribution in [0.5, 0.6) is 0 Å². The van der Waals surface area contributed by atoms with Crippen molar-refractivity contribution in [2.24, 2.45) is 0 Å². The van der Waals surface area contributed by atoms with Gasteiger partial charge in [-0.05, 0) is 25.7 Å². The molecule has 2 N–H and O–H groups in total. The van der Waals surface area contributed by atoms with E-state index in [2.05, 4.69) is 82.7 Å². The van der Waals surface area contributed by atoms with Gasteiger partial charge in [0, 0.05) is 61.6 Å². The molecule has 0 amide bonds. The van der Waals surface area contributed by atoms with Crippen LogP contribution in [0.15, 0.2) is 49.1 Å². The van der Waals surface area contributed by atoms with E-state index in [4.69, 9.17) is 0 Å². The maximum Gasteiger partial charge on any atom is 0.170 e. The number of hydrogen-bond acceptors (Lipinski definition) is 2. The number of anilines is 2.